The zero-order valence-electron chi connectivity index (χ0n) is 16.2. The second-order valence-corrected chi connectivity index (χ2v) is 7.33. The number of urea groups is 1. The van der Waals surface area contributed by atoms with E-state index >= 15 is 0 Å². The smallest absolute Gasteiger partial charge is 0.322 e. The fourth-order valence-corrected chi connectivity index (χ4v) is 3.54. The maximum atomic E-state index is 12.9. The van der Waals surface area contributed by atoms with Gasteiger partial charge in [-0.05, 0) is 51.3 Å². The second kappa shape index (κ2) is 7.84. The number of nitrogens with one attached hydrogen (secondary N) is 1. The lowest BCUT2D eigenvalue weighted by Gasteiger charge is -2.33. The molecule has 3 aromatic rings. The van der Waals surface area contributed by atoms with Crippen molar-refractivity contribution in [1.29, 1.82) is 0 Å². The van der Waals surface area contributed by atoms with Gasteiger partial charge >= 0.3 is 6.03 Å². The van der Waals surface area contributed by atoms with Gasteiger partial charge in [-0.2, -0.15) is 4.98 Å². The van der Waals surface area contributed by atoms with Crippen LogP contribution in [0.4, 0.5) is 10.5 Å². The summed E-state index contributed by atoms with van der Waals surface area (Å²) in [6, 6.07) is 15.4. The predicted octanol–water partition coefficient (Wildman–Crippen LogP) is 5.11. The van der Waals surface area contributed by atoms with Gasteiger partial charge in [0.05, 0.1) is 0 Å². The molecule has 0 saturated carbocycles. The van der Waals surface area contributed by atoms with Gasteiger partial charge in [0.1, 0.15) is 6.04 Å². The van der Waals surface area contributed by atoms with Crippen LogP contribution in [-0.2, 0) is 0 Å². The van der Waals surface area contributed by atoms with Gasteiger partial charge in [-0.25, -0.2) is 4.79 Å². The topological polar surface area (TPSA) is 71.3 Å². The number of carbonyl (C=O) groups excluding carboxylic acids is 1. The molecule has 0 spiro atoms. The van der Waals surface area contributed by atoms with Crippen LogP contribution >= 0.6 is 0 Å². The largest absolute Gasteiger partial charge is 0.337 e. The van der Waals surface area contributed by atoms with Gasteiger partial charge in [-0.15, -0.1) is 0 Å². The van der Waals surface area contributed by atoms with Crippen molar-refractivity contribution in [3.63, 3.8) is 0 Å². The zero-order valence-corrected chi connectivity index (χ0v) is 16.2. The highest BCUT2D eigenvalue weighted by molar-refractivity contribution is 5.89. The van der Waals surface area contributed by atoms with E-state index in [-0.39, 0.29) is 12.1 Å². The van der Waals surface area contributed by atoms with Crippen LogP contribution in [0.1, 0.15) is 42.3 Å². The molecule has 0 aliphatic carbocycles. The number of likely N-dealkylation sites (tertiary alicyclic amines) is 1. The predicted molar refractivity (Wildman–Crippen MR) is 108 cm³/mol. The molecule has 144 valence electrons. The highest BCUT2D eigenvalue weighted by Crippen LogP contribution is 2.31. The lowest BCUT2D eigenvalue weighted by atomic mass is 10.0. The van der Waals surface area contributed by atoms with Crippen molar-refractivity contribution in [2.45, 2.75) is 39.2 Å². The number of hydrogen-bond donors (Lipinski definition) is 1. The van der Waals surface area contributed by atoms with Crippen molar-refractivity contribution in [2.75, 3.05) is 11.9 Å². The summed E-state index contributed by atoms with van der Waals surface area (Å²) in [6.07, 6.45) is 2.81. The molecule has 0 bridgehead atoms. The fourth-order valence-electron chi connectivity index (χ4n) is 3.54. The van der Waals surface area contributed by atoms with Crippen LogP contribution < -0.4 is 5.32 Å². The molecule has 1 N–H and O–H groups in total. The normalized spacial score (nSPS) is 16.8. The van der Waals surface area contributed by atoms with Gasteiger partial charge in [-0.1, -0.05) is 46.6 Å². The molecule has 0 unspecified atom stereocenters. The number of carbonyl (C=O) groups is 1. The molecule has 6 heteroatoms. The number of aryl methyl sites for hydroxylation is 2. The molecule has 28 heavy (non-hydrogen) atoms. The Hall–Kier alpha value is -3.15. The van der Waals surface area contributed by atoms with Crippen LogP contribution in [0.15, 0.2) is 53.1 Å². The third kappa shape index (κ3) is 3.91. The van der Waals surface area contributed by atoms with Gasteiger partial charge in [0.15, 0.2) is 0 Å². The van der Waals surface area contributed by atoms with E-state index in [1.165, 1.54) is 0 Å². The Morgan fingerprint density at radius 1 is 1.11 bits per heavy atom. The molecule has 2 aromatic carbocycles. The summed E-state index contributed by atoms with van der Waals surface area (Å²) in [5.74, 6) is 1.05. The Morgan fingerprint density at radius 3 is 2.71 bits per heavy atom. The first kappa shape index (κ1) is 18.2. The first-order chi connectivity index (χ1) is 13.6. The Bertz CT molecular complexity index is 965. The molecule has 1 aromatic heterocycles. The van der Waals surface area contributed by atoms with E-state index in [1.807, 2.05) is 62.4 Å². The van der Waals surface area contributed by atoms with E-state index in [0.29, 0.717) is 18.3 Å². The number of aromatic nitrogens is 2. The van der Waals surface area contributed by atoms with Crippen LogP contribution in [0.3, 0.4) is 0 Å². The van der Waals surface area contributed by atoms with Crippen LogP contribution in [0.5, 0.6) is 0 Å². The van der Waals surface area contributed by atoms with E-state index in [2.05, 4.69) is 15.5 Å². The van der Waals surface area contributed by atoms with Crippen LogP contribution in [-0.4, -0.2) is 27.6 Å². The Kier molecular flexibility index (Phi) is 5.10. The van der Waals surface area contributed by atoms with Crippen molar-refractivity contribution < 1.29 is 9.32 Å². The quantitative estimate of drug-likeness (QED) is 0.689. The monoisotopic (exact) mass is 376 g/mol. The molecule has 2 amide bonds. The highest BCUT2D eigenvalue weighted by atomic mass is 16.5. The Labute approximate surface area is 164 Å². The molecule has 6 nitrogen and oxygen atoms in total. The Morgan fingerprint density at radius 2 is 1.93 bits per heavy atom. The van der Waals surface area contributed by atoms with Crippen molar-refractivity contribution >= 4 is 11.7 Å². The number of anilines is 1. The minimum Gasteiger partial charge on any atom is -0.337 e. The molecule has 0 radical (unpaired) electrons. The SMILES string of the molecule is Cc1ccc(NC(=O)N2CCCC[C@H]2c2nc(-c3cccc(C)c3)no2)cc1. The third-order valence-electron chi connectivity index (χ3n) is 5.07. The minimum atomic E-state index is -0.203. The van der Waals surface area contributed by atoms with Gasteiger partial charge in [0.25, 0.3) is 0 Å². The molecular weight excluding hydrogens is 352 g/mol. The summed E-state index contributed by atoms with van der Waals surface area (Å²) in [7, 11) is 0. The summed E-state index contributed by atoms with van der Waals surface area (Å²) >= 11 is 0. The van der Waals surface area contributed by atoms with Crippen LogP contribution in [0.25, 0.3) is 11.4 Å². The molecule has 4 rings (SSSR count). The molecular formula is C22H24N4O2. The first-order valence-electron chi connectivity index (χ1n) is 9.65. The van der Waals surface area contributed by atoms with Gasteiger partial charge < -0.3 is 14.7 Å². The molecule has 1 aliphatic heterocycles. The third-order valence-corrected chi connectivity index (χ3v) is 5.07. The number of piperidine rings is 1. The van der Waals surface area contributed by atoms with Crippen molar-refractivity contribution in [3.05, 3.63) is 65.5 Å². The average molecular weight is 376 g/mol. The van der Waals surface area contributed by atoms with E-state index in [9.17, 15) is 4.79 Å². The molecule has 1 saturated heterocycles. The van der Waals surface area contributed by atoms with Crippen LogP contribution in [0.2, 0.25) is 0 Å². The second-order valence-electron chi connectivity index (χ2n) is 7.33. The Balaban J connectivity index is 1.54. The average Bonchev–Trinajstić information content (AvgIpc) is 3.20. The summed E-state index contributed by atoms with van der Waals surface area (Å²) in [6.45, 7) is 4.72. The molecule has 1 aliphatic rings. The van der Waals surface area contributed by atoms with E-state index < -0.39 is 0 Å². The van der Waals surface area contributed by atoms with Crippen molar-refractivity contribution in [2.24, 2.45) is 0 Å². The molecule has 2 heterocycles. The summed E-state index contributed by atoms with van der Waals surface area (Å²) in [5.41, 5.74) is 4.00. The summed E-state index contributed by atoms with van der Waals surface area (Å²) < 4.78 is 5.56. The molecule has 1 atom stereocenters. The van der Waals surface area contributed by atoms with E-state index in [0.717, 1.165) is 41.6 Å². The maximum Gasteiger partial charge on any atom is 0.322 e. The van der Waals surface area contributed by atoms with Gasteiger partial charge in [-0.3, -0.25) is 0 Å². The number of amides is 2. The number of nitrogens with zero attached hydrogens (tertiary/aromatic N) is 3. The number of hydrogen-bond acceptors (Lipinski definition) is 4. The number of benzene rings is 2. The lowest BCUT2D eigenvalue weighted by Crippen LogP contribution is -2.41. The summed E-state index contributed by atoms with van der Waals surface area (Å²) in [4.78, 5) is 19.3. The standard InChI is InChI=1S/C22H24N4O2/c1-15-9-11-18(12-10-15)23-22(27)26-13-4-3-8-19(26)21-24-20(25-28-21)17-7-5-6-16(2)14-17/h5-7,9-12,14,19H,3-4,8,13H2,1-2H3,(H,23,27)/t19-/m0/s1. The number of rotatable bonds is 3. The summed E-state index contributed by atoms with van der Waals surface area (Å²) in [5, 5.41) is 7.13. The van der Waals surface area contributed by atoms with Crippen molar-refractivity contribution in [3.8, 4) is 11.4 Å². The van der Waals surface area contributed by atoms with Gasteiger partial charge in [0.2, 0.25) is 11.7 Å². The highest BCUT2D eigenvalue weighted by Gasteiger charge is 2.32. The van der Waals surface area contributed by atoms with E-state index in [1.54, 1.807) is 4.90 Å². The van der Waals surface area contributed by atoms with Crippen molar-refractivity contribution in [1.82, 2.24) is 15.0 Å². The van der Waals surface area contributed by atoms with Crippen LogP contribution in [0, 0.1) is 13.8 Å². The maximum absolute atomic E-state index is 12.9. The fraction of sp³-hybridized carbons (Fsp3) is 0.318. The lowest BCUT2D eigenvalue weighted by molar-refractivity contribution is 0.142. The zero-order chi connectivity index (χ0) is 19.5. The first-order valence-corrected chi connectivity index (χ1v) is 9.65. The minimum absolute atomic E-state index is 0.135. The molecule has 1 fully saturated rings. The van der Waals surface area contributed by atoms with Gasteiger partial charge in [0, 0.05) is 17.8 Å². The van der Waals surface area contributed by atoms with E-state index in [4.69, 9.17) is 4.52 Å².